The number of nitrogens with two attached hydrogens (primary N) is 1. The molecule has 1 saturated carbocycles. The third-order valence-corrected chi connectivity index (χ3v) is 9.36. The minimum atomic E-state index is -3.79. The number of amides is 1. The maximum absolute atomic E-state index is 13.8. The lowest BCUT2D eigenvalue weighted by atomic mass is 10.0. The van der Waals surface area contributed by atoms with Gasteiger partial charge in [0.05, 0.1) is 11.0 Å². The number of esters is 1. The Balaban J connectivity index is 1.83. The normalized spacial score (nSPS) is 15.8. The first-order valence-electron chi connectivity index (χ1n) is 14.2. The van der Waals surface area contributed by atoms with E-state index in [0.29, 0.717) is 31.2 Å². The molecule has 3 rings (SSSR count). The number of halogens is 2. The number of rotatable bonds is 17. The van der Waals surface area contributed by atoms with E-state index in [1.807, 2.05) is 13.8 Å². The molecule has 0 saturated heterocycles. The fourth-order valence-corrected chi connectivity index (χ4v) is 6.88. The number of hydrogen-bond donors (Lipinski definition) is 3. The van der Waals surface area contributed by atoms with Crippen LogP contribution in [-0.2, 0) is 25.8 Å². The number of ether oxygens (including phenoxy) is 1. The molecule has 0 heterocycles. The predicted molar refractivity (Wildman–Crippen MR) is 154 cm³/mol. The second kappa shape index (κ2) is 15.4. The average Bonchev–Trinajstić information content (AvgIpc) is 3.74. The van der Waals surface area contributed by atoms with E-state index in [4.69, 9.17) is 10.5 Å². The van der Waals surface area contributed by atoms with Gasteiger partial charge in [-0.15, -0.1) is 0 Å². The summed E-state index contributed by atoms with van der Waals surface area (Å²) in [6.45, 7) is 3.95. The molecule has 1 aliphatic carbocycles. The number of hydrogen-bond acceptors (Lipinski definition) is 7. The highest BCUT2D eigenvalue weighted by atomic mass is 32.2. The van der Waals surface area contributed by atoms with E-state index in [0.717, 1.165) is 31.0 Å². The minimum Gasteiger partial charge on any atom is -0.458 e. The number of carbonyl (C=O) groups is 2. The maximum atomic E-state index is 13.8. The van der Waals surface area contributed by atoms with E-state index in [1.165, 1.54) is 0 Å². The van der Waals surface area contributed by atoms with Gasteiger partial charge in [-0.1, -0.05) is 44.9 Å². The van der Waals surface area contributed by atoms with Crippen LogP contribution in [0.2, 0.25) is 0 Å². The van der Waals surface area contributed by atoms with Crippen LogP contribution in [0.25, 0.3) is 0 Å². The van der Waals surface area contributed by atoms with Crippen LogP contribution in [0.4, 0.5) is 8.78 Å². The van der Waals surface area contributed by atoms with Crippen molar-refractivity contribution in [2.45, 2.75) is 88.3 Å². The highest BCUT2D eigenvalue weighted by molar-refractivity contribution is 7.92. The Morgan fingerprint density at radius 3 is 2.20 bits per heavy atom. The lowest BCUT2D eigenvalue weighted by Gasteiger charge is -2.28. The first kappa shape index (κ1) is 32.6. The van der Waals surface area contributed by atoms with Crippen molar-refractivity contribution in [2.75, 3.05) is 12.3 Å². The van der Waals surface area contributed by atoms with Gasteiger partial charge in [0.25, 0.3) is 5.91 Å². The second-order valence-corrected chi connectivity index (χ2v) is 13.1. The summed E-state index contributed by atoms with van der Waals surface area (Å²) in [5.41, 5.74) is 6.94. The fourth-order valence-electron chi connectivity index (χ4n) is 4.73. The van der Waals surface area contributed by atoms with Crippen molar-refractivity contribution in [3.05, 3.63) is 71.3 Å². The zero-order valence-electron chi connectivity index (χ0n) is 23.7. The Labute approximate surface area is 241 Å². The van der Waals surface area contributed by atoms with Crippen LogP contribution in [0.1, 0.15) is 68.3 Å². The number of carbonyl (C=O) groups excluding carboxylic acids is 2. The Morgan fingerprint density at radius 2 is 1.63 bits per heavy atom. The van der Waals surface area contributed by atoms with Gasteiger partial charge < -0.3 is 21.1 Å². The highest BCUT2D eigenvalue weighted by Crippen LogP contribution is 2.21. The van der Waals surface area contributed by atoms with Crippen LogP contribution in [0, 0.1) is 11.6 Å². The van der Waals surface area contributed by atoms with E-state index in [9.17, 15) is 26.8 Å². The third kappa shape index (κ3) is 10.5. The molecule has 0 bridgehead atoms. The SMILES string of the molecule is CCCC(CCC)S(=O)(=O)CC(NC(=O)c1ccccc1)C(=O)O[C@H](CNC1CC1)[C@@H](N)Cc1cc(F)cc(F)c1. The maximum Gasteiger partial charge on any atom is 0.330 e. The van der Waals surface area contributed by atoms with E-state index >= 15 is 0 Å². The van der Waals surface area contributed by atoms with Crippen molar-refractivity contribution in [3.63, 3.8) is 0 Å². The summed E-state index contributed by atoms with van der Waals surface area (Å²) in [5, 5.41) is 5.15. The van der Waals surface area contributed by atoms with E-state index in [2.05, 4.69) is 10.6 Å². The van der Waals surface area contributed by atoms with Crippen molar-refractivity contribution in [2.24, 2.45) is 5.73 Å². The first-order chi connectivity index (χ1) is 19.5. The summed E-state index contributed by atoms with van der Waals surface area (Å²) in [5.74, 6) is -3.67. The molecule has 3 atom stereocenters. The molecule has 1 aliphatic rings. The lowest BCUT2D eigenvalue weighted by molar-refractivity contribution is -0.151. The van der Waals surface area contributed by atoms with Crippen LogP contribution >= 0.6 is 0 Å². The van der Waals surface area contributed by atoms with Gasteiger partial charge in [-0.3, -0.25) is 4.79 Å². The Hall–Kier alpha value is -2.89. The molecule has 4 N–H and O–H groups in total. The Morgan fingerprint density at radius 1 is 1.02 bits per heavy atom. The molecule has 0 spiro atoms. The summed E-state index contributed by atoms with van der Waals surface area (Å²) in [6, 6.07) is 9.14. The van der Waals surface area contributed by atoms with Crippen LogP contribution in [0.3, 0.4) is 0 Å². The molecule has 41 heavy (non-hydrogen) atoms. The minimum absolute atomic E-state index is 0.00733. The van der Waals surface area contributed by atoms with Crippen LogP contribution < -0.4 is 16.4 Å². The summed E-state index contributed by atoms with van der Waals surface area (Å²) in [6.07, 6.45) is 3.15. The zero-order valence-corrected chi connectivity index (χ0v) is 24.5. The van der Waals surface area contributed by atoms with E-state index < -0.39 is 62.5 Å². The molecular formula is C30H41F2N3O5S. The smallest absolute Gasteiger partial charge is 0.330 e. The standard InChI is InChI=1S/C30H41F2N3O5S/c1-3-8-25(9-4-2)41(38,39)19-27(35-29(36)21-10-6-5-7-11-21)30(37)40-28(18-34-24-12-13-24)26(33)16-20-14-22(31)17-23(32)15-20/h5-7,10-11,14-15,17,24-28,34H,3-4,8-9,12-13,16,18-19,33H2,1-2H3,(H,35,36)/t26-,27?,28+/m0/s1. The fraction of sp³-hybridized carbons (Fsp3) is 0.533. The lowest BCUT2D eigenvalue weighted by Crippen LogP contribution is -2.52. The predicted octanol–water partition coefficient (Wildman–Crippen LogP) is 3.68. The number of nitrogens with one attached hydrogen (secondary N) is 2. The van der Waals surface area contributed by atoms with Crippen LogP contribution in [-0.4, -0.2) is 62.1 Å². The summed E-state index contributed by atoms with van der Waals surface area (Å²) in [7, 11) is -3.79. The number of sulfone groups is 1. The van der Waals surface area contributed by atoms with Crippen molar-refractivity contribution in [3.8, 4) is 0 Å². The first-order valence-corrected chi connectivity index (χ1v) is 16.0. The van der Waals surface area contributed by atoms with Gasteiger partial charge in [-0.25, -0.2) is 22.0 Å². The van der Waals surface area contributed by atoms with Gasteiger partial charge in [0.1, 0.15) is 23.8 Å². The molecule has 2 aromatic carbocycles. The van der Waals surface area contributed by atoms with Gasteiger partial charge >= 0.3 is 5.97 Å². The number of benzene rings is 2. The topological polar surface area (TPSA) is 128 Å². The van der Waals surface area contributed by atoms with Gasteiger partial charge in [-0.05, 0) is 61.9 Å². The summed E-state index contributed by atoms with van der Waals surface area (Å²) in [4.78, 5) is 26.6. The summed E-state index contributed by atoms with van der Waals surface area (Å²) >= 11 is 0. The molecule has 0 radical (unpaired) electrons. The molecule has 1 fully saturated rings. The van der Waals surface area contributed by atoms with Crippen molar-refractivity contribution in [1.82, 2.24) is 10.6 Å². The van der Waals surface area contributed by atoms with Gasteiger partial charge in [0.2, 0.25) is 0 Å². The molecule has 2 aromatic rings. The molecular weight excluding hydrogens is 552 g/mol. The van der Waals surface area contributed by atoms with E-state index in [-0.39, 0.29) is 24.6 Å². The molecule has 11 heteroatoms. The Kier molecular flexibility index (Phi) is 12.2. The second-order valence-electron chi connectivity index (χ2n) is 10.7. The van der Waals surface area contributed by atoms with Gasteiger partial charge in [0, 0.05) is 30.3 Å². The Bertz CT molecular complexity index is 1230. The largest absolute Gasteiger partial charge is 0.458 e. The quantitative estimate of drug-likeness (QED) is 0.239. The van der Waals surface area contributed by atoms with Crippen molar-refractivity contribution < 1.29 is 31.5 Å². The van der Waals surface area contributed by atoms with Crippen LogP contribution in [0.15, 0.2) is 48.5 Å². The van der Waals surface area contributed by atoms with Crippen molar-refractivity contribution >= 4 is 21.7 Å². The van der Waals surface area contributed by atoms with Gasteiger partial charge in [0.15, 0.2) is 9.84 Å². The molecule has 0 aliphatic heterocycles. The van der Waals surface area contributed by atoms with Crippen molar-refractivity contribution in [1.29, 1.82) is 0 Å². The third-order valence-electron chi connectivity index (χ3n) is 7.08. The molecule has 8 nitrogen and oxygen atoms in total. The monoisotopic (exact) mass is 593 g/mol. The molecule has 1 unspecified atom stereocenters. The summed E-state index contributed by atoms with van der Waals surface area (Å²) < 4.78 is 60.2. The van der Waals surface area contributed by atoms with Gasteiger partial charge in [-0.2, -0.15) is 0 Å². The zero-order chi connectivity index (χ0) is 30.0. The highest BCUT2D eigenvalue weighted by Gasteiger charge is 2.36. The van der Waals surface area contributed by atoms with Crippen LogP contribution in [0.5, 0.6) is 0 Å². The molecule has 0 aromatic heterocycles. The molecule has 226 valence electrons. The van der Waals surface area contributed by atoms with E-state index in [1.54, 1.807) is 30.3 Å². The average molecular weight is 594 g/mol. The molecule has 1 amide bonds.